The fourth-order valence-electron chi connectivity index (χ4n) is 11.7. The van der Waals surface area contributed by atoms with Crippen molar-refractivity contribution < 1.29 is 0 Å². The third kappa shape index (κ3) is 6.15. The minimum Gasteiger partial charge on any atom is -0.310 e. The zero-order valence-corrected chi connectivity index (χ0v) is 39.0. The summed E-state index contributed by atoms with van der Waals surface area (Å²) in [4.78, 5) is 2.45. The molecule has 3 nitrogen and oxygen atoms in total. The number of hydrogen-bond acceptors (Lipinski definition) is 1. The van der Waals surface area contributed by atoms with Gasteiger partial charge < -0.3 is 14.0 Å². The van der Waals surface area contributed by atoms with Crippen molar-refractivity contribution in [1.82, 2.24) is 9.13 Å². The van der Waals surface area contributed by atoms with E-state index in [9.17, 15) is 0 Å². The molecule has 0 N–H and O–H groups in total. The van der Waals surface area contributed by atoms with Crippen molar-refractivity contribution in [2.75, 3.05) is 4.90 Å². The first kappa shape index (κ1) is 40.2. The number of anilines is 3. The molecular formula is C67H47N3. The largest absolute Gasteiger partial charge is 0.310 e. The molecular weight excluding hydrogens is 847 g/mol. The second-order valence-corrected chi connectivity index (χ2v) is 19.3. The van der Waals surface area contributed by atoms with Gasteiger partial charge in [-0.15, -0.1) is 0 Å². The molecule has 13 aromatic rings. The lowest BCUT2D eigenvalue weighted by molar-refractivity contribution is 0.660. The van der Waals surface area contributed by atoms with E-state index in [1.54, 1.807) is 0 Å². The summed E-state index contributed by atoms with van der Waals surface area (Å²) in [5.41, 5.74) is 20.4. The van der Waals surface area contributed by atoms with Gasteiger partial charge in [-0.1, -0.05) is 184 Å². The zero-order chi connectivity index (χ0) is 46.5. The highest BCUT2D eigenvalue weighted by atomic mass is 15.1. The summed E-state index contributed by atoms with van der Waals surface area (Å²) < 4.78 is 4.82. The second kappa shape index (κ2) is 15.6. The minimum atomic E-state index is -0.234. The molecule has 2 heterocycles. The van der Waals surface area contributed by atoms with Crippen LogP contribution in [0.4, 0.5) is 17.1 Å². The number of fused-ring (bicyclic) bond motifs is 10. The van der Waals surface area contributed by atoms with Gasteiger partial charge in [-0.05, 0) is 129 Å². The third-order valence-corrected chi connectivity index (χ3v) is 15.1. The quantitative estimate of drug-likeness (QED) is 0.155. The highest BCUT2D eigenvalue weighted by molar-refractivity contribution is 6.11. The van der Waals surface area contributed by atoms with E-state index in [1.807, 2.05) is 0 Å². The lowest BCUT2D eigenvalue weighted by Crippen LogP contribution is -2.17. The van der Waals surface area contributed by atoms with E-state index in [0.717, 1.165) is 17.1 Å². The van der Waals surface area contributed by atoms with Crippen LogP contribution in [0.2, 0.25) is 0 Å². The lowest BCUT2D eigenvalue weighted by Gasteiger charge is -2.29. The number of benzene rings is 11. The molecule has 1 aliphatic carbocycles. The van der Waals surface area contributed by atoms with Crippen molar-refractivity contribution in [2.45, 2.75) is 19.3 Å². The number of rotatable bonds is 7. The molecule has 14 rings (SSSR count). The predicted molar refractivity (Wildman–Crippen MR) is 296 cm³/mol. The van der Waals surface area contributed by atoms with Gasteiger partial charge in [0.25, 0.3) is 0 Å². The zero-order valence-electron chi connectivity index (χ0n) is 39.0. The van der Waals surface area contributed by atoms with Crippen molar-refractivity contribution >= 4 is 71.4 Å². The molecule has 3 heteroatoms. The van der Waals surface area contributed by atoms with Gasteiger partial charge >= 0.3 is 0 Å². The Labute approximate surface area is 407 Å². The summed E-state index contributed by atoms with van der Waals surface area (Å²) in [6.45, 7) is 4.78. The fraction of sp³-hybridized carbons (Fsp3) is 0.0448. The number of aromatic nitrogens is 2. The Morgan fingerprint density at radius 1 is 0.314 bits per heavy atom. The van der Waals surface area contributed by atoms with E-state index < -0.39 is 0 Å². The molecule has 0 unspecified atom stereocenters. The van der Waals surface area contributed by atoms with E-state index in [1.165, 1.54) is 110 Å². The summed E-state index contributed by atoms with van der Waals surface area (Å²) in [5, 5.41) is 7.51. The average molecular weight is 894 g/mol. The van der Waals surface area contributed by atoms with Crippen molar-refractivity contribution in [2.24, 2.45) is 0 Å². The maximum Gasteiger partial charge on any atom is 0.0547 e. The van der Waals surface area contributed by atoms with Crippen LogP contribution in [-0.2, 0) is 5.41 Å². The summed E-state index contributed by atoms with van der Waals surface area (Å²) >= 11 is 0. The van der Waals surface area contributed by atoms with E-state index in [-0.39, 0.29) is 5.41 Å². The van der Waals surface area contributed by atoms with Crippen molar-refractivity contribution in [3.8, 4) is 44.8 Å². The average Bonchev–Trinajstić information content (AvgIpc) is 4.01. The topological polar surface area (TPSA) is 13.1 Å². The van der Waals surface area contributed by atoms with Gasteiger partial charge in [0.1, 0.15) is 0 Å². The molecule has 11 aromatic carbocycles. The number of para-hydroxylation sites is 4. The first-order chi connectivity index (χ1) is 34.5. The molecule has 330 valence electrons. The SMILES string of the molecule is CC1(C)c2cc(N(c3ccc(-c4ccc(-c5ccc6c7ccccc7n(-c7ccccc7)c6c5)cc4)cc3)c3cccc4ccccc34)ccc2-c2ccc(-n3c4ccccc4c4ccccc43)cc21. The van der Waals surface area contributed by atoms with Gasteiger partial charge in [0, 0.05) is 55.1 Å². The van der Waals surface area contributed by atoms with Crippen LogP contribution in [0.3, 0.4) is 0 Å². The van der Waals surface area contributed by atoms with Crippen LogP contribution in [0.25, 0.3) is 99.1 Å². The first-order valence-electron chi connectivity index (χ1n) is 24.3. The molecule has 0 bridgehead atoms. The molecule has 1 aliphatic rings. The van der Waals surface area contributed by atoms with Gasteiger partial charge in [-0.3, -0.25) is 0 Å². The van der Waals surface area contributed by atoms with E-state index >= 15 is 0 Å². The standard InChI is InChI=1S/C67H47N3/c1-67(2)60-42-51(36-39-54(60)55-40-37-52(43-61(55)67)70-64-24-12-8-20-56(64)57-21-9-13-25-65(57)70)68(62-26-14-16-47-15-6-7-19-53(47)62)50-34-31-45(32-35-50)44-27-29-46(30-28-44)48-33-38-59-58-22-10-11-23-63(58)69(66(59)41-48)49-17-4-3-5-18-49/h3-43H,1-2H3. The van der Waals surface area contributed by atoms with Gasteiger partial charge in [-0.2, -0.15) is 0 Å². The van der Waals surface area contributed by atoms with Gasteiger partial charge in [-0.25, -0.2) is 0 Å². The van der Waals surface area contributed by atoms with Gasteiger partial charge in [0.2, 0.25) is 0 Å². The van der Waals surface area contributed by atoms with Crippen molar-refractivity contribution in [3.05, 3.63) is 260 Å². The van der Waals surface area contributed by atoms with Crippen LogP contribution in [-0.4, -0.2) is 9.13 Å². The van der Waals surface area contributed by atoms with E-state index in [2.05, 4.69) is 277 Å². The summed E-state index contributed by atoms with van der Waals surface area (Å²) in [6.07, 6.45) is 0. The summed E-state index contributed by atoms with van der Waals surface area (Å²) in [7, 11) is 0. The Hall–Kier alpha value is -8.92. The molecule has 0 radical (unpaired) electrons. The van der Waals surface area contributed by atoms with Gasteiger partial charge in [0.05, 0.1) is 27.8 Å². The van der Waals surface area contributed by atoms with Crippen LogP contribution >= 0.6 is 0 Å². The second-order valence-electron chi connectivity index (χ2n) is 19.3. The minimum absolute atomic E-state index is 0.234. The predicted octanol–water partition coefficient (Wildman–Crippen LogP) is 18.1. The van der Waals surface area contributed by atoms with Crippen LogP contribution in [0.15, 0.2) is 249 Å². The third-order valence-electron chi connectivity index (χ3n) is 15.1. The van der Waals surface area contributed by atoms with Crippen LogP contribution < -0.4 is 4.90 Å². The molecule has 2 aromatic heterocycles. The lowest BCUT2D eigenvalue weighted by atomic mass is 9.82. The molecule has 0 saturated heterocycles. The Balaban J connectivity index is 0.823. The molecule has 70 heavy (non-hydrogen) atoms. The van der Waals surface area contributed by atoms with Crippen LogP contribution in [0, 0.1) is 0 Å². The molecule has 0 saturated carbocycles. The number of hydrogen-bond donors (Lipinski definition) is 0. The maximum atomic E-state index is 2.45. The van der Waals surface area contributed by atoms with Gasteiger partial charge in [0.15, 0.2) is 0 Å². The monoisotopic (exact) mass is 893 g/mol. The normalized spacial score (nSPS) is 12.8. The Bertz CT molecular complexity index is 4130. The fourth-order valence-corrected chi connectivity index (χ4v) is 11.7. The molecule has 0 aliphatic heterocycles. The Morgan fingerprint density at radius 3 is 1.44 bits per heavy atom. The highest BCUT2D eigenvalue weighted by Gasteiger charge is 2.37. The van der Waals surface area contributed by atoms with Crippen molar-refractivity contribution in [1.29, 1.82) is 0 Å². The highest BCUT2D eigenvalue weighted by Crippen LogP contribution is 2.52. The molecule has 0 atom stereocenters. The van der Waals surface area contributed by atoms with E-state index in [0.29, 0.717) is 0 Å². The molecule has 0 fully saturated rings. The number of nitrogens with zero attached hydrogens (tertiary/aromatic N) is 3. The van der Waals surface area contributed by atoms with Crippen LogP contribution in [0.5, 0.6) is 0 Å². The molecule has 0 spiro atoms. The smallest absolute Gasteiger partial charge is 0.0547 e. The van der Waals surface area contributed by atoms with Crippen LogP contribution in [0.1, 0.15) is 25.0 Å². The van der Waals surface area contributed by atoms with Crippen molar-refractivity contribution in [3.63, 3.8) is 0 Å². The Kier molecular flexibility index (Phi) is 8.93. The molecule has 0 amide bonds. The summed E-state index contributed by atoms with van der Waals surface area (Å²) in [5.74, 6) is 0. The summed E-state index contributed by atoms with van der Waals surface area (Å²) in [6, 6.07) is 91.6. The first-order valence-corrected chi connectivity index (χ1v) is 24.3. The van der Waals surface area contributed by atoms with E-state index in [4.69, 9.17) is 0 Å². The maximum absolute atomic E-state index is 2.45. The Morgan fingerprint density at radius 2 is 0.786 bits per heavy atom.